The number of aromatic nitrogens is 2. The van der Waals surface area contributed by atoms with Crippen LogP contribution in [0.5, 0.6) is 5.75 Å². The standard InChI is InChI=1S/C26H23FN4O3/c1-2-34-21-13-11-20(12-14-21)30-26(33)24-16-31(17-28-24)15-18-7-9-19(10-8-18)29-25(32)22-5-3-4-6-23(22)27/h3-14,16-17H,2,15H2,1H3,(H,29,32)(H,30,33). The number of ether oxygens (including phenoxy) is 1. The van der Waals surface area contributed by atoms with Crippen molar-refractivity contribution >= 4 is 23.2 Å². The number of nitrogens with zero attached hydrogens (tertiary/aromatic N) is 2. The van der Waals surface area contributed by atoms with E-state index in [4.69, 9.17) is 4.74 Å². The van der Waals surface area contributed by atoms with Gasteiger partial charge < -0.3 is 19.9 Å². The third-order valence-electron chi connectivity index (χ3n) is 4.98. The maximum Gasteiger partial charge on any atom is 0.275 e. The first kappa shape index (κ1) is 22.7. The molecule has 34 heavy (non-hydrogen) atoms. The molecule has 1 aromatic heterocycles. The Morgan fingerprint density at radius 1 is 0.912 bits per heavy atom. The molecule has 0 saturated carbocycles. The molecule has 0 aliphatic rings. The Hall–Kier alpha value is -4.46. The Balaban J connectivity index is 1.34. The molecule has 2 N–H and O–H groups in total. The number of carbonyl (C=O) groups excluding carboxylic acids is 2. The fourth-order valence-corrected chi connectivity index (χ4v) is 3.31. The van der Waals surface area contributed by atoms with Crippen molar-refractivity contribution in [3.8, 4) is 5.75 Å². The number of amides is 2. The summed E-state index contributed by atoms with van der Waals surface area (Å²) in [7, 11) is 0. The minimum atomic E-state index is -0.570. The highest BCUT2D eigenvalue weighted by Gasteiger charge is 2.12. The van der Waals surface area contributed by atoms with Crippen molar-refractivity contribution in [2.24, 2.45) is 0 Å². The van der Waals surface area contributed by atoms with E-state index in [0.29, 0.717) is 30.2 Å². The normalized spacial score (nSPS) is 10.5. The van der Waals surface area contributed by atoms with Crippen LogP contribution in [0.25, 0.3) is 0 Å². The summed E-state index contributed by atoms with van der Waals surface area (Å²) < 4.78 is 21.0. The second-order valence-corrected chi connectivity index (χ2v) is 7.47. The van der Waals surface area contributed by atoms with E-state index in [1.54, 1.807) is 59.6 Å². The van der Waals surface area contributed by atoms with Gasteiger partial charge in [-0.25, -0.2) is 9.37 Å². The predicted octanol–water partition coefficient (Wildman–Crippen LogP) is 4.97. The highest BCUT2D eigenvalue weighted by atomic mass is 19.1. The van der Waals surface area contributed by atoms with Gasteiger partial charge in [-0.3, -0.25) is 9.59 Å². The fraction of sp³-hybridized carbons (Fsp3) is 0.115. The van der Waals surface area contributed by atoms with Gasteiger partial charge in [0, 0.05) is 24.1 Å². The number of benzene rings is 3. The van der Waals surface area contributed by atoms with Crippen LogP contribution in [0.4, 0.5) is 15.8 Å². The SMILES string of the molecule is CCOc1ccc(NC(=O)c2cn(Cc3ccc(NC(=O)c4ccccc4F)cc3)cn2)cc1. The lowest BCUT2D eigenvalue weighted by molar-refractivity contribution is 0.101. The summed E-state index contributed by atoms with van der Waals surface area (Å²) in [6, 6.07) is 20.1. The molecule has 4 aromatic rings. The molecule has 0 bridgehead atoms. The van der Waals surface area contributed by atoms with Crippen molar-refractivity contribution < 1.29 is 18.7 Å². The first-order chi connectivity index (χ1) is 16.5. The summed E-state index contributed by atoms with van der Waals surface area (Å²) in [6.07, 6.45) is 3.25. The zero-order valence-electron chi connectivity index (χ0n) is 18.5. The topological polar surface area (TPSA) is 85.2 Å². The highest BCUT2D eigenvalue weighted by Crippen LogP contribution is 2.17. The van der Waals surface area contributed by atoms with E-state index in [-0.39, 0.29) is 11.5 Å². The van der Waals surface area contributed by atoms with Crippen molar-refractivity contribution in [1.29, 1.82) is 0 Å². The van der Waals surface area contributed by atoms with Crippen LogP contribution in [-0.2, 0) is 6.54 Å². The monoisotopic (exact) mass is 458 g/mol. The predicted molar refractivity (Wildman–Crippen MR) is 128 cm³/mol. The number of hydrogen-bond acceptors (Lipinski definition) is 4. The summed E-state index contributed by atoms with van der Waals surface area (Å²) in [6.45, 7) is 2.98. The van der Waals surface area contributed by atoms with E-state index < -0.39 is 11.7 Å². The average Bonchev–Trinajstić information content (AvgIpc) is 3.31. The van der Waals surface area contributed by atoms with Crippen molar-refractivity contribution in [3.05, 3.63) is 108 Å². The molecule has 0 fully saturated rings. The van der Waals surface area contributed by atoms with Crippen LogP contribution in [-0.4, -0.2) is 28.0 Å². The fourth-order valence-electron chi connectivity index (χ4n) is 3.31. The van der Waals surface area contributed by atoms with Crippen LogP contribution in [0.3, 0.4) is 0 Å². The van der Waals surface area contributed by atoms with E-state index in [1.807, 2.05) is 19.1 Å². The molecule has 0 aliphatic carbocycles. The van der Waals surface area contributed by atoms with Gasteiger partial charge in [-0.2, -0.15) is 0 Å². The van der Waals surface area contributed by atoms with E-state index in [1.165, 1.54) is 18.2 Å². The summed E-state index contributed by atoms with van der Waals surface area (Å²) >= 11 is 0. The Kier molecular flexibility index (Phi) is 6.98. The second-order valence-electron chi connectivity index (χ2n) is 7.47. The van der Waals surface area contributed by atoms with Crippen LogP contribution in [0, 0.1) is 5.82 Å². The molecule has 0 spiro atoms. The summed E-state index contributed by atoms with van der Waals surface area (Å²) in [5.74, 6) is -0.653. The van der Waals surface area contributed by atoms with E-state index >= 15 is 0 Å². The molecule has 0 unspecified atom stereocenters. The summed E-state index contributed by atoms with van der Waals surface area (Å²) in [5.41, 5.74) is 2.43. The second kappa shape index (κ2) is 10.4. The van der Waals surface area contributed by atoms with Crippen molar-refractivity contribution in [2.75, 3.05) is 17.2 Å². The quantitative estimate of drug-likeness (QED) is 0.390. The highest BCUT2D eigenvalue weighted by molar-refractivity contribution is 6.04. The number of imidazole rings is 1. The molecule has 4 rings (SSSR count). The maximum absolute atomic E-state index is 13.8. The van der Waals surface area contributed by atoms with Crippen LogP contribution < -0.4 is 15.4 Å². The summed E-state index contributed by atoms with van der Waals surface area (Å²) in [5, 5.41) is 5.49. The Morgan fingerprint density at radius 2 is 1.56 bits per heavy atom. The Bertz CT molecular complexity index is 1280. The molecular formula is C26H23FN4O3. The molecule has 8 heteroatoms. The molecule has 7 nitrogen and oxygen atoms in total. The lowest BCUT2D eigenvalue weighted by Crippen LogP contribution is -2.13. The Morgan fingerprint density at radius 3 is 2.24 bits per heavy atom. The van der Waals surface area contributed by atoms with Crippen molar-refractivity contribution in [2.45, 2.75) is 13.5 Å². The Labute approximate surface area is 196 Å². The number of nitrogens with one attached hydrogen (secondary N) is 2. The molecule has 0 atom stereocenters. The van der Waals surface area contributed by atoms with Gasteiger partial charge in [0.15, 0.2) is 0 Å². The smallest absolute Gasteiger partial charge is 0.275 e. The first-order valence-corrected chi connectivity index (χ1v) is 10.7. The van der Waals surface area contributed by atoms with Gasteiger partial charge >= 0.3 is 0 Å². The van der Waals surface area contributed by atoms with Gasteiger partial charge in [-0.05, 0) is 61.0 Å². The zero-order chi connectivity index (χ0) is 23.9. The van der Waals surface area contributed by atoms with Gasteiger partial charge in [0.2, 0.25) is 0 Å². The molecule has 172 valence electrons. The largest absolute Gasteiger partial charge is 0.494 e. The van der Waals surface area contributed by atoms with Crippen LogP contribution in [0.1, 0.15) is 33.3 Å². The average molecular weight is 458 g/mol. The first-order valence-electron chi connectivity index (χ1n) is 10.7. The lowest BCUT2D eigenvalue weighted by atomic mass is 10.1. The number of carbonyl (C=O) groups is 2. The van der Waals surface area contributed by atoms with E-state index in [2.05, 4.69) is 15.6 Å². The van der Waals surface area contributed by atoms with Gasteiger partial charge in [-0.1, -0.05) is 24.3 Å². The molecule has 3 aromatic carbocycles. The minimum Gasteiger partial charge on any atom is -0.494 e. The maximum atomic E-state index is 13.8. The van der Waals surface area contributed by atoms with Gasteiger partial charge in [-0.15, -0.1) is 0 Å². The van der Waals surface area contributed by atoms with Gasteiger partial charge in [0.25, 0.3) is 11.8 Å². The number of rotatable bonds is 8. The molecule has 1 heterocycles. The molecule has 0 saturated heterocycles. The van der Waals surface area contributed by atoms with E-state index in [9.17, 15) is 14.0 Å². The lowest BCUT2D eigenvalue weighted by Gasteiger charge is -2.08. The van der Waals surface area contributed by atoms with Crippen LogP contribution >= 0.6 is 0 Å². The third kappa shape index (κ3) is 5.66. The molecule has 0 aliphatic heterocycles. The van der Waals surface area contributed by atoms with Gasteiger partial charge in [0.1, 0.15) is 17.3 Å². The number of hydrogen-bond donors (Lipinski definition) is 2. The molecule has 2 amide bonds. The molecule has 0 radical (unpaired) electrons. The minimum absolute atomic E-state index is 0.0129. The number of halogens is 1. The van der Waals surface area contributed by atoms with Crippen molar-refractivity contribution in [3.63, 3.8) is 0 Å². The zero-order valence-corrected chi connectivity index (χ0v) is 18.5. The number of anilines is 2. The van der Waals surface area contributed by atoms with Crippen molar-refractivity contribution in [1.82, 2.24) is 9.55 Å². The van der Waals surface area contributed by atoms with Crippen LogP contribution in [0.15, 0.2) is 85.3 Å². The third-order valence-corrected chi connectivity index (χ3v) is 4.98. The van der Waals surface area contributed by atoms with E-state index in [0.717, 1.165) is 11.3 Å². The summed E-state index contributed by atoms with van der Waals surface area (Å²) in [4.78, 5) is 28.9. The molecular weight excluding hydrogens is 435 g/mol. The van der Waals surface area contributed by atoms with Crippen LogP contribution in [0.2, 0.25) is 0 Å². The van der Waals surface area contributed by atoms with Gasteiger partial charge in [0.05, 0.1) is 18.5 Å².